The number of carboxylic acids is 1. The number of rotatable bonds is 7. The first kappa shape index (κ1) is 16.5. The zero-order valence-electron chi connectivity index (χ0n) is 12.5. The molecule has 22 heavy (non-hydrogen) atoms. The fraction of sp³-hybridized carbons (Fsp3) is 0.533. The Kier molecular flexibility index (Phi) is 5.18. The second kappa shape index (κ2) is 6.91. The molecule has 7 heteroatoms. The maximum Gasteiger partial charge on any atom is 0.310 e. The van der Waals surface area contributed by atoms with E-state index < -0.39 is 11.4 Å². The van der Waals surface area contributed by atoms with Crippen LogP contribution >= 0.6 is 11.3 Å². The maximum absolute atomic E-state index is 12.1. The molecule has 0 aliphatic heterocycles. The Balaban J connectivity index is 1.78. The molecule has 1 aliphatic carbocycles. The summed E-state index contributed by atoms with van der Waals surface area (Å²) in [6.45, 7) is 0.386. The number of nitrogens with one attached hydrogen (secondary N) is 1. The Morgan fingerprint density at radius 1 is 1.41 bits per heavy atom. The van der Waals surface area contributed by atoms with Gasteiger partial charge in [-0.25, -0.2) is 0 Å². The van der Waals surface area contributed by atoms with Crippen LogP contribution in [0.4, 0.5) is 0 Å². The molecule has 0 atom stereocenters. The first-order chi connectivity index (χ1) is 10.4. The molecule has 120 valence electrons. The Morgan fingerprint density at radius 2 is 2.14 bits per heavy atom. The van der Waals surface area contributed by atoms with Gasteiger partial charge in [0.2, 0.25) is 11.8 Å². The lowest BCUT2D eigenvalue weighted by Crippen LogP contribution is -2.45. The number of hydrogen-bond donors (Lipinski definition) is 2. The molecule has 1 aromatic heterocycles. The molecule has 6 nitrogen and oxygen atoms in total. The molecule has 0 aromatic carbocycles. The van der Waals surface area contributed by atoms with Crippen molar-refractivity contribution in [3.63, 3.8) is 0 Å². The Labute approximate surface area is 133 Å². The molecule has 2 N–H and O–H groups in total. The van der Waals surface area contributed by atoms with Gasteiger partial charge in [-0.05, 0) is 24.3 Å². The fourth-order valence-corrected chi connectivity index (χ4v) is 3.10. The minimum atomic E-state index is -0.918. The molecule has 0 unspecified atom stereocenters. The quantitative estimate of drug-likeness (QED) is 0.795. The van der Waals surface area contributed by atoms with Crippen molar-refractivity contribution in [3.05, 3.63) is 22.4 Å². The number of carboxylic acid groups (broad SMARTS) is 1. The zero-order chi connectivity index (χ0) is 16.2. The van der Waals surface area contributed by atoms with Crippen molar-refractivity contribution in [2.75, 3.05) is 13.6 Å². The molecular formula is C15H20N2O4S. The SMILES string of the molecule is CN(CC(=O)NCc1cccs1)C(=O)CC1(C(=O)O)CCC1. The van der Waals surface area contributed by atoms with Gasteiger partial charge < -0.3 is 15.3 Å². The van der Waals surface area contributed by atoms with E-state index in [1.165, 1.54) is 11.9 Å². The summed E-state index contributed by atoms with van der Waals surface area (Å²) in [6, 6.07) is 3.83. The number of carbonyl (C=O) groups is 3. The smallest absolute Gasteiger partial charge is 0.310 e. The molecular weight excluding hydrogens is 304 g/mol. The van der Waals surface area contributed by atoms with Gasteiger partial charge in [0.05, 0.1) is 18.5 Å². The van der Waals surface area contributed by atoms with E-state index in [2.05, 4.69) is 5.32 Å². The van der Waals surface area contributed by atoms with E-state index in [1.54, 1.807) is 11.3 Å². The molecule has 1 aliphatic rings. The van der Waals surface area contributed by atoms with Gasteiger partial charge in [-0.15, -0.1) is 11.3 Å². The first-order valence-electron chi connectivity index (χ1n) is 7.19. The predicted octanol–water partition coefficient (Wildman–Crippen LogP) is 1.47. The van der Waals surface area contributed by atoms with Gasteiger partial charge in [-0.3, -0.25) is 14.4 Å². The van der Waals surface area contributed by atoms with Crippen LogP contribution in [0, 0.1) is 5.41 Å². The summed E-state index contributed by atoms with van der Waals surface area (Å²) in [5.74, 6) is -1.46. The Morgan fingerprint density at radius 3 is 2.64 bits per heavy atom. The number of hydrogen-bond acceptors (Lipinski definition) is 4. The first-order valence-corrected chi connectivity index (χ1v) is 8.07. The normalized spacial score (nSPS) is 15.7. The molecule has 2 rings (SSSR count). The van der Waals surface area contributed by atoms with Crippen molar-refractivity contribution in [1.29, 1.82) is 0 Å². The summed E-state index contributed by atoms with van der Waals surface area (Å²) in [6.07, 6.45) is 1.88. The Hall–Kier alpha value is -1.89. The summed E-state index contributed by atoms with van der Waals surface area (Å²) in [5.41, 5.74) is -0.918. The molecule has 2 amide bonds. The number of nitrogens with zero attached hydrogens (tertiary/aromatic N) is 1. The van der Waals surface area contributed by atoms with Crippen molar-refractivity contribution >= 4 is 29.1 Å². The van der Waals surface area contributed by atoms with E-state index in [0.29, 0.717) is 19.4 Å². The molecule has 0 saturated heterocycles. The van der Waals surface area contributed by atoms with Crippen LogP contribution in [-0.4, -0.2) is 41.4 Å². The fourth-order valence-electron chi connectivity index (χ4n) is 2.45. The van der Waals surface area contributed by atoms with E-state index >= 15 is 0 Å². The highest BCUT2D eigenvalue weighted by molar-refractivity contribution is 7.09. The monoisotopic (exact) mass is 324 g/mol. The minimum absolute atomic E-state index is 0.0307. The van der Waals surface area contributed by atoms with Crippen LogP contribution in [0.5, 0.6) is 0 Å². The standard InChI is InChI=1S/C15H20N2O4S/c1-17(10-12(18)16-9-11-4-2-7-22-11)13(19)8-15(14(20)21)5-3-6-15/h2,4,7H,3,5-6,8-10H2,1H3,(H,16,18)(H,20,21). The van der Waals surface area contributed by atoms with Crippen molar-refractivity contribution in [2.24, 2.45) is 5.41 Å². The van der Waals surface area contributed by atoms with Crippen molar-refractivity contribution < 1.29 is 19.5 Å². The second-order valence-electron chi connectivity index (χ2n) is 5.72. The third-order valence-electron chi connectivity index (χ3n) is 4.10. The topological polar surface area (TPSA) is 86.7 Å². The van der Waals surface area contributed by atoms with Gasteiger partial charge in [-0.2, -0.15) is 0 Å². The maximum atomic E-state index is 12.1. The van der Waals surface area contributed by atoms with Crippen LogP contribution in [0.1, 0.15) is 30.6 Å². The van der Waals surface area contributed by atoms with Gasteiger partial charge in [0.15, 0.2) is 0 Å². The van der Waals surface area contributed by atoms with E-state index in [1.807, 2.05) is 17.5 Å². The summed E-state index contributed by atoms with van der Waals surface area (Å²) < 4.78 is 0. The van der Waals surface area contributed by atoms with Crippen LogP contribution < -0.4 is 5.32 Å². The average Bonchev–Trinajstić information content (AvgIpc) is 2.93. The number of aliphatic carboxylic acids is 1. The molecule has 1 heterocycles. The highest BCUT2D eigenvalue weighted by atomic mass is 32.1. The van der Waals surface area contributed by atoms with Gasteiger partial charge in [-0.1, -0.05) is 12.5 Å². The highest BCUT2D eigenvalue weighted by Crippen LogP contribution is 2.44. The van der Waals surface area contributed by atoms with E-state index in [9.17, 15) is 19.5 Å². The summed E-state index contributed by atoms with van der Waals surface area (Å²) in [4.78, 5) is 37.5. The van der Waals surface area contributed by atoms with Crippen LogP contribution in [0.3, 0.4) is 0 Å². The largest absolute Gasteiger partial charge is 0.481 e. The van der Waals surface area contributed by atoms with Crippen LogP contribution in [0.2, 0.25) is 0 Å². The van der Waals surface area contributed by atoms with Gasteiger partial charge in [0.25, 0.3) is 0 Å². The molecule has 1 aromatic rings. The van der Waals surface area contributed by atoms with E-state index in [-0.39, 0.29) is 24.8 Å². The van der Waals surface area contributed by atoms with Crippen LogP contribution in [0.25, 0.3) is 0 Å². The van der Waals surface area contributed by atoms with Gasteiger partial charge in [0.1, 0.15) is 0 Å². The molecule has 0 radical (unpaired) electrons. The van der Waals surface area contributed by atoms with Gasteiger partial charge in [0, 0.05) is 18.3 Å². The summed E-state index contributed by atoms with van der Waals surface area (Å²) in [5, 5.41) is 13.9. The Bertz CT molecular complexity index is 552. The van der Waals surface area contributed by atoms with Crippen molar-refractivity contribution in [3.8, 4) is 0 Å². The van der Waals surface area contributed by atoms with E-state index in [4.69, 9.17) is 0 Å². The van der Waals surface area contributed by atoms with E-state index in [0.717, 1.165) is 11.3 Å². The lowest BCUT2D eigenvalue weighted by molar-refractivity contribution is -0.159. The second-order valence-corrected chi connectivity index (χ2v) is 6.75. The van der Waals surface area contributed by atoms with Crippen LogP contribution in [-0.2, 0) is 20.9 Å². The van der Waals surface area contributed by atoms with Crippen molar-refractivity contribution in [2.45, 2.75) is 32.2 Å². The lowest BCUT2D eigenvalue weighted by atomic mass is 9.66. The molecule has 1 fully saturated rings. The van der Waals surface area contributed by atoms with Crippen LogP contribution in [0.15, 0.2) is 17.5 Å². The molecule has 0 bridgehead atoms. The highest BCUT2D eigenvalue weighted by Gasteiger charge is 2.46. The minimum Gasteiger partial charge on any atom is -0.481 e. The third-order valence-corrected chi connectivity index (χ3v) is 4.98. The average molecular weight is 324 g/mol. The number of amides is 2. The van der Waals surface area contributed by atoms with Crippen molar-refractivity contribution in [1.82, 2.24) is 10.2 Å². The molecule has 1 saturated carbocycles. The van der Waals surface area contributed by atoms with Gasteiger partial charge >= 0.3 is 5.97 Å². The number of carbonyl (C=O) groups excluding carboxylic acids is 2. The summed E-state index contributed by atoms with van der Waals surface area (Å²) in [7, 11) is 1.53. The number of likely N-dealkylation sites (N-methyl/N-ethyl adjacent to an activating group) is 1. The number of thiophene rings is 1. The lowest BCUT2D eigenvalue weighted by Gasteiger charge is -2.37. The zero-order valence-corrected chi connectivity index (χ0v) is 13.3. The third kappa shape index (κ3) is 3.85. The predicted molar refractivity (Wildman–Crippen MR) is 82.3 cm³/mol. The molecule has 0 spiro atoms. The summed E-state index contributed by atoms with van der Waals surface area (Å²) >= 11 is 1.55.